The SMILES string of the molecule is CC[C@H](C)NC(=O)c1ccccc1NC(=O)Cc1ccc(C)c(C)c1. The smallest absolute Gasteiger partial charge is 0.253 e. The molecular weight excluding hydrogens is 312 g/mol. The quantitative estimate of drug-likeness (QED) is 0.836. The minimum atomic E-state index is -0.170. The van der Waals surface area contributed by atoms with Gasteiger partial charge in [0, 0.05) is 6.04 Å². The number of rotatable bonds is 6. The Morgan fingerprint density at radius 1 is 1.04 bits per heavy atom. The fourth-order valence-corrected chi connectivity index (χ4v) is 2.49. The van der Waals surface area contributed by atoms with Crippen LogP contribution in [0.4, 0.5) is 5.69 Å². The van der Waals surface area contributed by atoms with Gasteiger partial charge in [-0.3, -0.25) is 9.59 Å². The van der Waals surface area contributed by atoms with Crippen molar-refractivity contribution in [3.63, 3.8) is 0 Å². The normalized spacial score (nSPS) is 11.7. The zero-order chi connectivity index (χ0) is 18.4. The first-order valence-electron chi connectivity index (χ1n) is 8.66. The number of aryl methyl sites for hydroxylation is 2. The van der Waals surface area contributed by atoms with E-state index < -0.39 is 0 Å². The van der Waals surface area contributed by atoms with Gasteiger partial charge in [0.2, 0.25) is 5.91 Å². The van der Waals surface area contributed by atoms with Crippen LogP contribution in [0.1, 0.15) is 47.3 Å². The van der Waals surface area contributed by atoms with Crippen LogP contribution in [0.15, 0.2) is 42.5 Å². The molecule has 0 radical (unpaired) electrons. The number of anilines is 1. The van der Waals surface area contributed by atoms with E-state index in [1.54, 1.807) is 18.2 Å². The second kappa shape index (κ2) is 8.47. The third-order valence-corrected chi connectivity index (χ3v) is 4.37. The van der Waals surface area contributed by atoms with Crippen molar-refractivity contribution in [2.24, 2.45) is 0 Å². The number of amides is 2. The second-order valence-electron chi connectivity index (χ2n) is 6.47. The number of para-hydroxylation sites is 1. The van der Waals surface area contributed by atoms with E-state index in [1.807, 2.05) is 52.0 Å². The molecule has 132 valence electrons. The van der Waals surface area contributed by atoms with Crippen LogP contribution in [0, 0.1) is 13.8 Å². The lowest BCUT2D eigenvalue weighted by Crippen LogP contribution is -2.32. The maximum Gasteiger partial charge on any atom is 0.253 e. The zero-order valence-electron chi connectivity index (χ0n) is 15.3. The van der Waals surface area contributed by atoms with E-state index in [1.165, 1.54) is 11.1 Å². The lowest BCUT2D eigenvalue weighted by molar-refractivity contribution is -0.115. The summed E-state index contributed by atoms with van der Waals surface area (Å²) in [6.45, 7) is 8.05. The molecule has 0 bridgehead atoms. The fourth-order valence-electron chi connectivity index (χ4n) is 2.49. The van der Waals surface area contributed by atoms with Gasteiger partial charge in [-0.25, -0.2) is 0 Å². The van der Waals surface area contributed by atoms with Gasteiger partial charge in [0.05, 0.1) is 17.7 Å². The molecular formula is C21H26N2O2. The molecule has 0 aromatic heterocycles. The Bertz CT molecular complexity index is 768. The van der Waals surface area contributed by atoms with Gasteiger partial charge in [0.25, 0.3) is 5.91 Å². The predicted octanol–water partition coefficient (Wildman–Crippen LogP) is 4.01. The molecule has 0 spiro atoms. The van der Waals surface area contributed by atoms with Crippen molar-refractivity contribution < 1.29 is 9.59 Å². The molecule has 4 heteroatoms. The molecule has 25 heavy (non-hydrogen) atoms. The monoisotopic (exact) mass is 338 g/mol. The van der Waals surface area contributed by atoms with Gasteiger partial charge in [0.1, 0.15) is 0 Å². The maximum atomic E-state index is 12.4. The number of carbonyl (C=O) groups excluding carboxylic acids is 2. The molecule has 2 rings (SSSR count). The summed E-state index contributed by atoms with van der Waals surface area (Å²) in [7, 11) is 0. The molecule has 2 aromatic rings. The largest absolute Gasteiger partial charge is 0.350 e. The van der Waals surface area contributed by atoms with Gasteiger partial charge >= 0.3 is 0 Å². The van der Waals surface area contributed by atoms with Crippen LogP contribution in [0.2, 0.25) is 0 Å². The molecule has 4 nitrogen and oxygen atoms in total. The molecule has 0 saturated carbocycles. The van der Waals surface area contributed by atoms with E-state index >= 15 is 0 Å². The highest BCUT2D eigenvalue weighted by molar-refractivity contribution is 6.04. The van der Waals surface area contributed by atoms with Crippen molar-refractivity contribution in [1.82, 2.24) is 5.32 Å². The van der Waals surface area contributed by atoms with Gasteiger partial charge in [0.15, 0.2) is 0 Å². The molecule has 2 amide bonds. The summed E-state index contributed by atoms with van der Waals surface area (Å²) in [5.74, 6) is -0.302. The van der Waals surface area contributed by atoms with Crippen LogP contribution in [0.25, 0.3) is 0 Å². The van der Waals surface area contributed by atoms with Gasteiger partial charge in [-0.2, -0.15) is 0 Å². The second-order valence-corrected chi connectivity index (χ2v) is 6.47. The first-order chi connectivity index (χ1) is 11.9. The maximum absolute atomic E-state index is 12.4. The average Bonchev–Trinajstić information content (AvgIpc) is 2.58. The molecule has 2 aromatic carbocycles. The van der Waals surface area contributed by atoms with Crippen LogP contribution in [0.5, 0.6) is 0 Å². The summed E-state index contributed by atoms with van der Waals surface area (Å²) in [6.07, 6.45) is 1.13. The summed E-state index contributed by atoms with van der Waals surface area (Å²) < 4.78 is 0. The van der Waals surface area contributed by atoms with E-state index in [-0.39, 0.29) is 24.3 Å². The molecule has 0 aliphatic rings. The Balaban J connectivity index is 2.10. The third-order valence-electron chi connectivity index (χ3n) is 4.37. The van der Waals surface area contributed by atoms with Crippen molar-refractivity contribution in [2.75, 3.05) is 5.32 Å². The lowest BCUT2D eigenvalue weighted by atomic mass is 10.0. The van der Waals surface area contributed by atoms with Crippen molar-refractivity contribution in [2.45, 2.75) is 46.6 Å². The number of carbonyl (C=O) groups is 2. The lowest BCUT2D eigenvalue weighted by Gasteiger charge is -2.15. The minimum Gasteiger partial charge on any atom is -0.350 e. The highest BCUT2D eigenvalue weighted by Gasteiger charge is 2.14. The zero-order valence-corrected chi connectivity index (χ0v) is 15.3. The molecule has 0 unspecified atom stereocenters. The van der Waals surface area contributed by atoms with Crippen LogP contribution >= 0.6 is 0 Å². The van der Waals surface area contributed by atoms with E-state index in [2.05, 4.69) is 10.6 Å². The molecule has 1 atom stereocenters. The Kier molecular flexibility index (Phi) is 6.34. The van der Waals surface area contributed by atoms with E-state index in [0.29, 0.717) is 11.3 Å². The third kappa shape index (κ3) is 5.18. The Morgan fingerprint density at radius 2 is 1.76 bits per heavy atom. The number of nitrogens with one attached hydrogen (secondary N) is 2. The molecule has 0 aliphatic heterocycles. The van der Waals surface area contributed by atoms with E-state index in [9.17, 15) is 9.59 Å². The van der Waals surface area contributed by atoms with E-state index in [4.69, 9.17) is 0 Å². The summed E-state index contributed by atoms with van der Waals surface area (Å²) in [5, 5.41) is 5.80. The van der Waals surface area contributed by atoms with Crippen LogP contribution in [-0.4, -0.2) is 17.9 Å². The molecule has 0 fully saturated rings. The van der Waals surface area contributed by atoms with Crippen molar-refractivity contribution >= 4 is 17.5 Å². The summed E-state index contributed by atoms with van der Waals surface area (Å²) in [6, 6.07) is 13.2. The predicted molar refractivity (Wildman–Crippen MR) is 102 cm³/mol. The molecule has 0 saturated heterocycles. The van der Waals surface area contributed by atoms with Crippen molar-refractivity contribution in [1.29, 1.82) is 0 Å². The average molecular weight is 338 g/mol. The minimum absolute atomic E-state index is 0.0896. The van der Waals surface area contributed by atoms with E-state index in [0.717, 1.165) is 12.0 Å². The number of benzene rings is 2. The summed E-state index contributed by atoms with van der Waals surface area (Å²) >= 11 is 0. The van der Waals surface area contributed by atoms with Crippen LogP contribution < -0.4 is 10.6 Å². The van der Waals surface area contributed by atoms with Gasteiger partial charge in [-0.05, 0) is 56.0 Å². The van der Waals surface area contributed by atoms with Crippen LogP contribution in [-0.2, 0) is 11.2 Å². The highest BCUT2D eigenvalue weighted by atomic mass is 16.2. The molecule has 0 aliphatic carbocycles. The topological polar surface area (TPSA) is 58.2 Å². The fraction of sp³-hybridized carbons (Fsp3) is 0.333. The number of hydrogen-bond acceptors (Lipinski definition) is 2. The van der Waals surface area contributed by atoms with Crippen molar-refractivity contribution in [3.8, 4) is 0 Å². The Morgan fingerprint density at radius 3 is 2.44 bits per heavy atom. The first-order valence-corrected chi connectivity index (χ1v) is 8.66. The van der Waals surface area contributed by atoms with Gasteiger partial charge < -0.3 is 10.6 Å². The van der Waals surface area contributed by atoms with Crippen molar-refractivity contribution in [3.05, 3.63) is 64.7 Å². The molecule has 2 N–H and O–H groups in total. The van der Waals surface area contributed by atoms with Crippen LogP contribution in [0.3, 0.4) is 0 Å². The van der Waals surface area contributed by atoms with Gasteiger partial charge in [-0.1, -0.05) is 37.3 Å². The Labute approximate surface area is 149 Å². The number of hydrogen-bond donors (Lipinski definition) is 2. The summed E-state index contributed by atoms with van der Waals surface area (Å²) in [4.78, 5) is 24.8. The first kappa shape index (κ1) is 18.7. The standard InChI is InChI=1S/C21H26N2O2/c1-5-16(4)22-21(25)18-8-6-7-9-19(18)23-20(24)13-17-11-10-14(2)15(3)12-17/h6-12,16H,5,13H2,1-4H3,(H,22,25)(H,23,24)/t16-/m0/s1. The summed E-state index contributed by atoms with van der Waals surface area (Å²) in [5.41, 5.74) is 4.35. The van der Waals surface area contributed by atoms with Gasteiger partial charge in [-0.15, -0.1) is 0 Å². The highest BCUT2D eigenvalue weighted by Crippen LogP contribution is 2.17. The molecule has 0 heterocycles. The Hall–Kier alpha value is -2.62.